The molecule has 140 valence electrons. The molecule has 0 aliphatic carbocycles. The highest BCUT2D eigenvalue weighted by molar-refractivity contribution is 6.07. The van der Waals surface area contributed by atoms with Crippen molar-refractivity contribution in [3.8, 4) is 6.07 Å². The van der Waals surface area contributed by atoms with Crippen LogP contribution in [0.3, 0.4) is 0 Å². The number of nitrogens with zero attached hydrogens (tertiary/aromatic N) is 1. The number of para-hydroxylation sites is 1. The van der Waals surface area contributed by atoms with Gasteiger partial charge in [0.15, 0.2) is 0 Å². The summed E-state index contributed by atoms with van der Waals surface area (Å²) >= 11 is 0. The Morgan fingerprint density at radius 1 is 1.11 bits per heavy atom. The predicted molar refractivity (Wildman–Crippen MR) is 110 cm³/mol. The van der Waals surface area contributed by atoms with Crippen molar-refractivity contribution >= 4 is 11.6 Å². The van der Waals surface area contributed by atoms with Gasteiger partial charge in [-0.3, -0.25) is 4.79 Å². The molecule has 0 fully saturated rings. The van der Waals surface area contributed by atoms with Crippen LogP contribution < -0.4 is 10.6 Å². The van der Waals surface area contributed by atoms with Gasteiger partial charge in [0.05, 0.1) is 0 Å². The highest BCUT2D eigenvalue weighted by Crippen LogP contribution is 2.23. The molecule has 0 bridgehead atoms. The molecule has 27 heavy (non-hydrogen) atoms. The summed E-state index contributed by atoms with van der Waals surface area (Å²) < 4.78 is 0. The fraction of sp³-hybridized carbons (Fsp3) is 0.304. The summed E-state index contributed by atoms with van der Waals surface area (Å²) in [6, 6.07) is 16.3. The summed E-state index contributed by atoms with van der Waals surface area (Å²) in [4.78, 5) is 12.5. The lowest BCUT2D eigenvalue weighted by atomic mass is 10.0. The quantitative estimate of drug-likeness (QED) is 0.419. The number of amides is 1. The third-order valence-electron chi connectivity index (χ3n) is 4.49. The molecule has 2 aromatic rings. The highest BCUT2D eigenvalue weighted by Gasteiger charge is 2.13. The largest absolute Gasteiger partial charge is 0.389 e. The minimum atomic E-state index is -0.379. The third kappa shape index (κ3) is 5.72. The lowest BCUT2D eigenvalue weighted by molar-refractivity contribution is -0.112. The number of carbonyl (C=O) groups is 1. The van der Waals surface area contributed by atoms with E-state index in [-0.39, 0.29) is 11.5 Å². The second-order valence-corrected chi connectivity index (χ2v) is 6.48. The molecule has 4 nitrogen and oxygen atoms in total. The van der Waals surface area contributed by atoms with Crippen molar-refractivity contribution in [3.63, 3.8) is 0 Å². The minimum Gasteiger partial charge on any atom is -0.389 e. The Labute approximate surface area is 161 Å². The van der Waals surface area contributed by atoms with Gasteiger partial charge in [-0.25, -0.2) is 0 Å². The van der Waals surface area contributed by atoms with Gasteiger partial charge in [0, 0.05) is 18.4 Å². The van der Waals surface area contributed by atoms with E-state index >= 15 is 0 Å². The van der Waals surface area contributed by atoms with Crippen LogP contribution in [0.4, 0.5) is 5.69 Å². The number of hydrogen-bond donors (Lipinski definition) is 2. The Morgan fingerprint density at radius 3 is 2.37 bits per heavy atom. The molecule has 2 aromatic carbocycles. The van der Waals surface area contributed by atoms with E-state index in [1.54, 1.807) is 0 Å². The van der Waals surface area contributed by atoms with E-state index in [0.29, 0.717) is 6.54 Å². The van der Waals surface area contributed by atoms with E-state index in [1.165, 1.54) is 17.3 Å². The number of anilines is 1. The Kier molecular flexibility index (Phi) is 7.63. The fourth-order valence-corrected chi connectivity index (χ4v) is 2.99. The lowest BCUT2D eigenvalue weighted by Gasteiger charge is -2.14. The number of hydrogen-bond acceptors (Lipinski definition) is 3. The van der Waals surface area contributed by atoms with Crippen LogP contribution in [0.15, 0.2) is 54.2 Å². The Bertz CT molecular complexity index is 840. The molecule has 2 N–H and O–H groups in total. The van der Waals surface area contributed by atoms with Crippen molar-refractivity contribution in [2.24, 2.45) is 0 Å². The SMILES string of the molecule is CCc1cccc(CC)c1NC(=O)/C(C#N)=C\NCCc1cccc(C)c1. The molecule has 1 amide bonds. The van der Waals surface area contributed by atoms with Gasteiger partial charge in [-0.2, -0.15) is 5.26 Å². The molecular formula is C23H27N3O. The first kappa shape index (κ1) is 20.3. The van der Waals surface area contributed by atoms with Crippen LogP contribution in [0.5, 0.6) is 0 Å². The molecule has 2 rings (SSSR count). The Morgan fingerprint density at radius 2 is 1.78 bits per heavy atom. The molecule has 0 saturated heterocycles. The molecule has 4 heteroatoms. The van der Waals surface area contributed by atoms with Crippen molar-refractivity contribution in [1.82, 2.24) is 5.32 Å². The average Bonchev–Trinajstić information content (AvgIpc) is 2.68. The number of benzene rings is 2. The first-order valence-electron chi connectivity index (χ1n) is 9.40. The molecule has 0 aliphatic rings. The monoisotopic (exact) mass is 361 g/mol. The standard InChI is InChI=1S/C23H27N3O/c1-4-19-10-7-11-20(5-2)22(19)26-23(27)21(15-24)16-25-13-12-18-9-6-8-17(3)14-18/h6-11,14,16,25H,4-5,12-13H2,1-3H3,(H,26,27)/b21-16-. The summed E-state index contributed by atoms with van der Waals surface area (Å²) in [5, 5.41) is 15.4. The van der Waals surface area contributed by atoms with Gasteiger partial charge < -0.3 is 10.6 Å². The van der Waals surface area contributed by atoms with Crippen molar-refractivity contribution in [2.45, 2.75) is 40.0 Å². The molecule has 0 heterocycles. The second-order valence-electron chi connectivity index (χ2n) is 6.48. The van der Waals surface area contributed by atoms with Crippen molar-refractivity contribution in [3.05, 3.63) is 76.5 Å². The number of nitriles is 1. The number of aryl methyl sites for hydroxylation is 3. The fourth-order valence-electron chi connectivity index (χ4n) is 2.99. The van der Waals surface area contributed by atoms with E-state index in [0.717, 1.165) is 36.1 Å². The molecule has 0 aromatic heterocycles. The van der Waals surface area contributed by atoms with Crippen molar-refractivity contribution in [1.29, 1.82) is 5.26 Å². The number of carbonyl (C=O) groups excluding carboxylic acids is 1. The van der Waals surface area contributed by atoms with E-state index < -0.39 is 0 Å². The zero-order valence-corrected chi connectivity index (χ0v) is 16.3. The van der Waals surface area contributed by atoms with Crippen LogP contribution in [0.2, 0.25) is 0 Å². The van der Waals surface area contributed by atoms with Crippen LogP contribution in [-0.4, -0.2) is 12.5 Å². The molecular weight excluding hydrogens is 334 g/mol. The first-order valence-corrected chi connectivity index (χ1v) is 9.40. The van der Waals surface area contributed by atoms with Gasteiger partial charge in [0.2, 0.25) is 0 Å². The van der Waals surface area contributed by atoms with Gasteiger partial charge in [-0.1, -0.05) is 61.9 Å². The average molecular weight is 361 g/mol. The van der Waals surface area contributed by atoms with Crippen LogP contribution in [0, 0.1) is 18.3 Å². The van der Waals surface area contributed by atoms with Gasteiger partial charge in [0.25, 0.3) is 5.91 Å². The van der Waals surface area contributed by atoms with Crippen LogP contribution in [-0.2, 0) is 24.1 Å². The normalized spacial score (nSPS) is 11.0. The van der Waals surface area contributed by atoms with E-state index in [1.807, 2.05) is 30.3 Å². The molecule has 0 unspecified atom stereocenters. The Hall–Kier alpha value is -3.06. The van der Waals surface area contributed by atoms with Crippen LogP contribution in [0.1, 0.15) is 36.1 Å². The van der Waals surface area contributed by atoms with Gasteiger partial charge >= 0.3 is 0 Å². The summed E-state index contributed by atoms with van der Waals surface area (Å²) in [6.07, 6.45) is 3.98. The summed E-state index contributed by atoms with van der Waals surface area (Å²) in [5.74, 6) is -0.379. The molecule has 0 spiro atoms. The summed E-state index contributed by atoms with van der Waals surface area (Å²) in [6.45, 7) is 6.83. The number of rotatable bonds is 8. The number of nitrogens with one attached hydrogen (secondary N) is 2. The highest BCUT2D eigenvalue weighted by atomic mass is 16.1. The van der Waals surface area contributed by atoms with Crippen molar-refractivity contribution in [2.75, 3.05) is 11.9 Å². The van der Waals surface area contributed by atoms with Crippen LogP contribution >= 0.6 is 0 Å². The second kappa shape index (κ2) is 10.2. The topological polar surface area (TPSA) is 64.9 Å². The molecule has 0 atom stereocenters. The van der Waals surface area contributed by atoms with Gasteiger partial charge in [-0.05, 0) is 42.9 Å². The van der Waals surface area contributed by atoms with E-state index in [4.69, 9.17) is 0 Å². The van der Waals surface area contributed by atoms with Crippen molar-refractivity contribution < 1.29 is 4.79 Å². The molecule has 0 aliphatic heterocycles. The van der Waals surface area contributed by atoms with Gasteiger partial charge in [-0.15, -0.1) is 0 Å². The Balaban J connectivity index is 2.01. The first-order chi connectivity index (χ1) is 13.1. The van der Waals surface area contributed by atoms with Gasteiger partial charge in [0.1, 0.15) is 11.6 Å². The molecule has 0 radical (unpaired) electrons. The predicted octanol–water partition coefficient (Wildman–Crippen LogP) is 4.30. The summed E-state index contributed by atoms with van der Waals surface area (Å²) in [7, 11) is 0. The maximum absolute atomic E-state index is 12.5. The maximum atomic E-state index is 12.5. The minimum absolute atomic E-state index is 0.0761. The van der Waals surface area contributed by atoms with Crippen LogP contribution in [0.25, 0.3) is 0 Å². The maximum Gasteiger partial charge on any atom is 0.267 e. The summed E-state index contributed by atoms with van der Waals surface area (Å²) in [5.41, 5.74) is 5.50. The van der Waals surface area contributed by atoms with E-state index in [9.17, 15) is 10.1 Å². The smallest absolute Gasteiger partial charge is 0.267 e. The third-order valence-corrected chi connectivity index (χ3v) is 4.49. The zero-order chi connectivity index (χ0) is 19.6. The zero-order valence-electron chi connectivity index (χ0n) is 16.3. The lowest BCUT2D eigenvalue weighted by Crippen LogP contribution is -2.19. The molecule has 0 saturated carbocycles. The van der Waals surface area contributed by atoms with E-state index in [2.05, 4.69) is 49.6 Å².